The Kier molecular flexibility index (Phi) is 5.07. The Morgan fingerprint density at radius 3 is 1.54 bits per heavy atom. The van der Waals surface area contributed by atoms with Crippen molar-refractivity contribution in [2.75, 3.05) is 13.1 Å². The van der Waals surface area contributed by atoms with Gasteiger partial charge < -0.3 is 20.8 Å². The van der Waals surface area contributed by atoms with E-state index in [1.54, 1.807) is 0 Å². The van der Waals surface area contributed by atoms with Crippen LogP contribution in [-0.4, -0.2) is 23.3 Å². The van der Waals surface area contributed by atoms with Crippen molar-refractivity contribution in [3.05, 3.63) is 57.6 Å². The lowest BCUT2D eigenvalue weighted by Crippen LogP contribution is -2.23. The Balaban J connectivity index is 0.000000141. The zero-order valence-electron chi connectivity index (χ0n) is 14.4. The second-order valence-corrected chi connectivity index (χ2v) is 6.59. The second kappa shape index (κ2) is 7.24. The van der Waals surface area contributed by atoms with Crippen LogP contribution in [0, 0.1) is 13.8 Å². The lowest BCUT2D eigenvalue weighted by molar-refractivity contribution is 0.456. The number of aromatic hydroxyl groups is 2. The first kappa shape index (κ1) is 16.8. The molecule has 0 unspecified atom stereocenters. The molecule has 0 saturated carbocycles. The molecule has 4 N–H and O–H groups in total. The van der Waals surface area contributed by atoms with Gasteiger partial charge in [-0.2, -0.15) is 0 Å². The molecule has 4 rings (SSSR count). The van der Waals surface area contributed by atoms with Gasteiger partial charge in [0.1, 0.15) is 11.5 Å². The summed E-state index contributed by atoms with van der Waals surface area (Å²) in [5, 5.41) is 26.0. The lowest BCUT2D eigenvalue weighted by Gasteiger charge is -2.18. The molecule has 0 spiro atoms. The standard InChI is InChI=1S/2C10H13NO/c2*1-7-2-3-8-6-11-5-4-9(8)10(7)12/h2*2-3,11-12H,4-6H2,1H3. The van der Waals surface area contributed by atoms with Crippen molar-refractivity contribution < 1.29 is 10.2 Å². The molecule has 0 radical (unpaired) electrons. The highest BCUT2D eigenvalue weighted by Crippen LogP contribution is 2.28. The van der Waals surface area contributed by atoms with E-state index in [1.807, 2.05) is 26.0 Å². The number of hydrogen-bond acceptors (Lipinski definition) is 4. The Morgan fingerprint density at radius 1 is 0.708 bits per heavy atom. The molecule has 2 aromatic carbocycles. The van der Waals surface area contributed by atoms with Crippen LogP contribution in [0.5, 0.6) is 11.5 Å². The summed E-state index contributed by atoms with van der Waals surface area (Å²) in [5.74, 6) is 0.989. The van der Waals surface area contributed by atoms with Gasteiger partial charge in [0.15, 0.2) is 0 Å². The highest BCUT2D eigenvalue weighted by atomic mass is 16.3. The van der Waals surface area contributed by atoms with Gasteiger partial charge in [-0.25, -0.2) is 0 Å². The van der Waals surface area contributed by atoms with Crippen LogP contribution in [-0.2, 0) is 25.9 Å². The summed E-state index contributed by atoms with van der Waals surface area (Å²) in [6.07, 6.45) is 1.89. The van der Waals surface area contributed by atoms with Crippen LogP contribution in [0.15, 0.2) is 24.3 Å². The molecule has 128 valence electrons. The van der Waals surface area contributed by atoms with Gasteiger partial charge in [0, 0.05) is 13.1 Å². The van der Waals surface area contributed by atoms with Crippen molar-refractivity contribution in [1.82, 2.24) is 10.6 Å². The summed E-state index contributed by atoms with van der Waals surface area (Å²) in [6.45, 7) is 7.62. The third kappa shape index (κ3) is 3.40. The van der Waals surface area contributed by atoms with E-state index in [1.165, 1.54) is 11.1 Å². The molecule has 0 atom stereocenters. The van der Waals surface area contributed by atoms with Gasteiger partial charge in [-0.1, -0.05) is 24.3 Å². The minimum atomic E-state index is 0.494. The van der Waals surface area contributed by atoms with Crippen molar-refractivity contribution in [2.45, 2.75) is 39.8 Å². The molecule has 0 fully saturated rings. The van der Waals surface area contributed by atoms with Crippen LogP contribution in [0.3, 0.4) is 0 Å². The lowest BCUT2D eigenvalue weighted by atomic mass is 9.97. The SMILES string of the molecule is Cc1ccc2c(c1O)CCNC2.Cc1ccc2c(c1O)CCNC2. The van der Waals surface area contributed by atoms with Crippen molar-refractivity contribution in [1.29, 1.82) is 0 Å². The summed E-state index contributed by atoms with van der Waals surface area (Å²) in [6, 6.07) is 8.13. The summed E-state index contributed by atoms with van der Waals surface area (Å²) in [5.41, 5.74) is 6.71. The smallest absolute Gasteiger partial charge is 0.122 e. The Labute approximate surface area is 143 Å². The van der Waals surface area contributed by atoms with E-state index in [2.05, 4.69) is 22.8 Å². The van der Waals surface area contributed by atoms with Crippen molar-refractivity contribution in [3.63, 3.8) is 0 Å². The minimum absolute atomic E-state index is 0.494. The summed E-state index contributed by atoms with van der Waals surface area (Å²) < 4.78 is 0. The summed E-state index contributed by atoms with van der Waals surface area (Å²) in [7, 11) is 0. The van der Waals surface area contributed by atoms with Crippen LogP contribution in [0.4, 0.5) is 0 Å². The molecule has 2 aromatic rings. The van der Waals surface area contributed by atoms with E-state index in [-0.39, 0.29) is 0 Å². The Hall–Kier alpha value is -2.04. The predicted octanol–water partition coefficient (Wildman–Crippen LogP) is 2.69. The summed E-state index contributed by atoms with van der Waals surface area (Å²) >= 11 is 0. The van der Waals surface area contributed by atoms with E-state index in [0.29, 0.717) is 11.5 Å². The van der Waals surface area contributed by atoms with Crippen LogP contribution in [0.2, 0.25) is 0 Å². The highest BCUT2D eigenvalue weighted by molar-refractivity contribution is 5.46. The van der Waals surface area contributed by atoms with Crippen LogP contribution >= 0.6 is 0 Å². The van der Waals surface area contributed by atoms with E-state index in [4.69, 9.17) is 0 Å². The van der Waals surface area contributed by atoms with Crippen molar-refractivity contribution in [2.24, 2.45) is 0 Å². The Bertz CT molecular complexity index is 677. The van der Waals surface area contributed by atoms with Crippen molar-refractivity contribution in [3.8, 4) is 11.5 Å². The molecule has 0 bridgehead atoms. The average molecular weight is 326 g/mol. The largest absolute Gasteiger partial charge is 0.507 e. The first-order valence-corrected chi connectivity index (χ1v) is 8.60. The molecule has 4 heteroatoms. The average Bonchev–Trinajstić information content (AvgIpc) is 2.62. The number of fused-ring (bicyclic) bond motifs is 2. The molecule has 2 heterocycles. The fourth-order valence-corrected chi connectivity index (χ4v) is 3.35. The van der Waals surface area contributed by atoms with E-state index in [0.717, 1.165) is 61.3 Å². The molecule has 2 aliphatic rings. The monoisotopic (exact) mass is 326 g/mol. The van der Waals surface area contributed by atoms with Crippen LogP contribution in [0.1, 0.15) is 33.4 Å². The van der Waals surface area contributed by atoms with Crippen LogP contribution in [0.25, 0.3) is 0 Å². The first-order valence-electron chi connectivity index (χ1n) is 8.60. The molecule has 2 aliphatic heterocycles. The molecule has 24 heavy (non-hydrogen) atoms. The number of phenols is 2. The fourth-order valence-electron chi connectivity index (χ4n) is 3.35. The maximum atomic E-state index is 9.72. The molecule has 0 aromatic heterocycles. The number of nitrogens with one attached hydrogen (secondary N) is 2. The number of benzene rings is 2. The summed E-state index contributed by atoms with van der Waals surface area (Å²) in [4.78, 5) is 0. The van der Waals surface area contributed by atoms with Gasteiger partial charge in [0.05, 0.1) is 0 Å². The zero-order chi connectivity index (χ0) is 17.1. The molecule has 0 aliphatic carbocycles. The third-order valence-electron chi connectivity index (χ3n) is 4.90. The van der Waals surface area contributed by atoms with Crippen LogP contribution < -0.4 is 10.6 Å². The maximum Gasteiger partial charge on any atom is 0.122 e. The number of phenolic OH excluding ortho intramolecular Hbond substituents is 2. The normalized spacial score (nSPS) is 15.8. The minimum Gasteiger partial charge on any atom is -0.507 e. The predicted molar refractivity (Wildman–Crippen MR) is 96.5 cm³/mol. The van der Waals surface area contributed by atoms with E-state index >= 15 is 0 Å². The van der Waals surface area contributed by atoms with Gasteiger partial charge >= 0.3 is 0 Å². The first-order chi connectivity index (χ1) is 11.6. The third-order valence-corrected chi connectivity index (χ3v) is 4.90. The number of hydrogen-bond donors (Lipinski definition) is 4. The topological polar surface area (TPSA) is 64.5 Å². The molecular formula is C20H26N2O2. The Morgan fingerprint density at radius 2 is 1.12 bits per heavy atom. The number of aryl methyl sites for hydroxylation is 2. The molecule has 4 nitrogen and oxygen atoms in total. The zero-order valence-corrected chi connectivity index (χ0v) is 14.4. The van der Waals surface area contributed by atoms with E-state index in [9.17, 15) is 10.2 Å². The maximum absolute atomic E-state index is 9.72. The second-order valence-electron chi connectivity index (χ2n) is 6.59. The van der Waals surface area contributed by atoms with E-state index < -0.39 is 0 Å². The van der Waals surface area contributed by atoms with Crippen molar-refractivity contribution >= 4 is 0 Å². The molecular weight excluding hydrogens is 300 g/mol. The van der Waals surface area contributed by atoms with Gasteiger partial charge in [0.25, 0.3) is 0 Å². The number of rotatable bonds is 0. The molecule has 0 amide bonds. The fraction of sp³-hybridized carbons (Fsp3) is 0.400. The molecule has 0 saturated heterocycles. The quantitative estimate of drug-likeness (QED) is 0.601. The van der Waals surface area contributed by atoms with Gasteiger partial charge in [0.2, 0.25) is 0 Å². The highest BCUT2D eigenvalue weighted by Gasteiger charge is 2.14. The van der Waals surface area contributed by atoms with Gasteiger partial charge in [-0.15, -0.1) is 0 Å². The van der Waals surface area contributed by atoms with Gasteiger partial charge in [-0.05, 0) is 73.2 Å². The van der Waals surface area contributed by atoms with Gasteiger partial charge in [-0.3, -0.25) is 0 Å².